The summed E-state index contributed by atoms with van der Waals surface area (Å²) in [5.74, 6) is -0.391. The molecule has 3 aromatic rings. The fourth-order valence-corrected chi connectivity index (χ4v) is 6.73. The topological polar surface area (TPSA) is 146 Å². The van der Waals surface area contributed by atoms with Gasteiger partial charge in [-0.1, -0.05) is 19.9 Å². The second-order valence-corrected chi connectivity index (χ2v) is 13.0. The van der Waals surface area contributed by atoms with Gasteiger partial charge in [-0.3, -0.25) is 13.9 Å². The third-order valence-corrected chi connectivity index (χ3v) is 9.46. The fourth-order valence-electron chi connectivity index (χ4n) is 4.21. The molecule has 0 spiro atoms. The summed E-state index contributed by atoms with van der Waals surface area (Å²) in [6, 6.07) is 9.22. The van der Waals surface area contributed by atoms with Crippen LogP contribution in [0.15, 0.2) is 56.7 Å². The second kappa shape index (κ2) is 8.63. The van der Waals surface area contributed by atoms with Gasteiger partial charge in [0.25, 0.3) is 10.0 Å². The lowest BCUT2D eigenvalue weighted by molar-refractivity contribution is 0.443. The van der Waals surface area contributed by atoms with E-state index in [2.05, 4.69) is 14.4 Å². The smallest absolute Gasteiger partial charge is 0.286 e. The van der Waals surface area contributed by atoms with Crippen molar-refractivity contribution >= 4 is 42.8 Å². The number of aromatic hydroxyl groups is 1. The number of rotatable bonds is 7. The number of aromatic nitrogens is 1. The van der Waals surface area contributed by atoms with Crippen molar-refractivity contribution in [3.8, 4) is 5.88 Å². The first-order valence-electron chi connectivity index (χ1n) is 11.6. The molecule has 1 aliphatic heterocycles. The molecule has 5 rings (SSSR count). The van der Waals surface area contributed by atoms with Gasteiger partial charge in [0.05, 0.1) is 16.5 Å². The zero-order valence-electron chi connectivity index (χ0n) is 19.7. The zero-order chi connectivity index (χ0) is 25.8. The number of anilines is 2. The average molecular weight is 531 g/mol. The third-order valence-electron chi connectivity index (χ3n) is 6.28. The molecule has 0 bridgehead atoms. The van der Waals surface area contributed by atoms with E-state index in [-0.39, 0.29) is 27.7 Å². The first-order valence-corrected chi connectivity index (χ1v) is 14.6. The Balaban J connectivity index is 1.60. The van der Waals surface area contributed by atoms with Crippen LogP contribution in [-0.4, -0.2) is 37.4 Å². The number of hydrogen-bond acceptors (Lipinski definition) is 7. The van der Waals surface area contributed by atoms with Crippen LogP contribution in [0.3, 0.4) is 0 Å². The highest BCUT2D eigenvalue weighted by molar-refractivity contribution is 7.93. The number of fused-ring (bicyclic) bond motifs is 2. The van der Waals surface area contributed by atoms with E-state index >= 15 is 0 Å². The van der Waals surface area contributed by atoms with Crippen molar-refractivity contribution in [1.82, 2.24) is 4.40 Å². The first kappa shape index (κ1) is 24.3. The van der Waals surface area contributed by atoms with Gasteiger partial charge in [0.15, 0.2) is 11.3 Å². The van der Waals surface area contributed by atoms with E-state index in [1.165, 1.54) is 22.6 Å². The number of hydrogen-bond donors (Lipinski definition) is 3. The molecule has 3 N–H and O–H groups in total. The van der Waals surface area contributed by atoms with Gasteiger partial charge in [-0.25, -0.2) is 8.42 Å². The highest BCUT2D eigenvalue weighted by atomic mass is 32.2. The number of sulfonamides is 2. The minimum atomic E-state index is -4.32. The van der Waals surface area contributed by atoms with Crippen molar-refractivity contribution in [2.24, 2.45) is 10.3 Å². The molecule has 1 aliphatic carbocycles. The Morgan fingerprint density at radius 3 is 2.67 bits per heavy atom. The molecule has 1 aromatic carbocycles. The largest absolute Gasteiger partial charge is 0.494 e. The lowest BCUT2D eigenvalue weighted by atomic mass is 9.99. The van der Waals surface area contributed by atoms with Gasteiger partial charge in [-0.2, -0.15) is 8.42 Å². The van der Waals surface area contributed by atoms with Crippen LogP contribution in [0.2, 0.25) is 0 Å². The van der Waals surface area contributed by atoms with E-state index in [1.807, 2.05) is 13.8 Å². The molecule has 0 saturated heterocycles. The Labute approximate surface area is 208 Å². The maximum absolute atomic E-state index is 13.6. The van der Waals surface area contributed by atoms with Crippen LogP contribution in [-0.2, 0) is 26.5 Å². The molecule has 190 valence electrons. The number of pyridine rings is 2. The summed E-state index contributed by atoms with van der Waals surface area (Å²) < 4.78 is 58.4. The summed E-state index contributed by atoms with van der Waals surface area (Å²) in [6.07, 6.45) is 3.90. The predicted octanol–water partition coefficient (Wildman–Crippen LogP) is 3.06. The van der Waals surface area contributed by atoms with Crippen LogP contribution in [0.25, 0.3) is 5.52 Å². The van der Waals surface area contributed by atoms with Gasteiger partial charge in [0.2, 0.25) is 15.9 Å². The van der Waals surface area contributed by atoms with Gasteiger partial charge in [0.1, 0.15) is 10.5 Å². The number of benzene rings is 1. The molecule has 0 radical (unpaired) electrons. The predicted molar refractivity (Wildman–Crippen MR) is 138 cm³/mol. The Bertz CT molecular complexity index is 1690. The van der Waals surface area contributed by atoms with Crippen LogP contribution in [0, 0.1) is 5.92 Å². The lowest BCUT2D eigenvalue weighted by Crippen LogP contribution is -2.30. The Morgan fingerprint density at radius 2 is 1.97 bits per heavy atom. The van der Waals surface area contributed by atoms with Crippen LogP contribution >= 0.6 is 0 Å². The molecular weight excluding hydrogens is 504 g/mol. The summed E-state index contributed by atoms with van der Waals surface area (Å²) in [4.78, 5) is 13.3. The van der Waals surface area contributed by atoms with Gasteiger partial charge in [0, 0.05) is 17.4 Å². The molecule has 1 saturated carbocycles. The van der Waals surface area contributed by atoms with E-state index in [9.17, 15) is 26.7 Å². The van der Waals surface area contributed by atoms with Gasteiger partial charge in [-0.05, 0) is 61.9 Å². The molecular formula is C24H26N4O6S2. The Morgan fingerprint density at radius 1 is 1.22 bits per heavy atom. The maximum atomic E-state index is 13.6. The van der Waals surface area contributed by atoms with Gasteiger partial charge < -0.3 is 10.4 Å². The van der Waals surface area contributed by atoms with Crippen LogP contribution in [0.5, 0.6) is 5.88 Å². The van der Waals surface area contributed by atoms with E-state index in [4.69, 9.17) is 0 Å². The number of nitrogens with one attached hydrogen (secondary N) is 2. The summed E-state index contributed by atoms with van der Waals surface area (Å²) in [5, 5.41) is 13.4. The van der Waals surface area contributed by atoms with Crippen LogP contribution in [0.1, 0.15) is 44.2 Å². The Kier molecular flexibility index (Phi) is 5.83. The number of nitrogens with zero attached hydrogens (tertiary/aromatic N) is 2. The van der Waals surface area contributed by atoms with Crippen molar-refractivity contribution in [1.29, 1.82) is 0 Å². The fraction of sp³-hybridized carbons (Fsp3) is 0.333. The molecule has 3 heterocycles. The van der Waals surface area contributed by atoms with Crippen molar-refractivity contribution in [3.05, 3.63) is 63.9 Å². The third kappa shape index (κ3) is 4.35. The minimum absolute atomic E-state index is 0.106. The highest BCUT2D eigenvalue weighted by Gasteiger charge is 2.36. The molecule has 1 fully saturated rings. The summed E-state index contributed by atoms with van der Waals surface area (Å²) in [6.45, 7) is 4.08. The van der Waals surface area contributed by atoms with Crippen LogP contribution in [0.4, 0.5) is 11.4 Å². The molecule has 0 unspecified atom stereocenters. The average Bonchev–Trinajstić information content (AvgIpc) is 3.65. The van der Waals surface area contributed by atoms with Crippen molar-refractivity contribution < 1.29 is 21.9 Å². The van der Waals surface area contributed by atoms with Crippen LogP contribution < -0.4 is 15.5 Å². The van der Waals surface area contributed by atoms with Crippen molar-refractivity contribution in [2.75, 3.05) is 10.0 Å². The molecule has 2 aromatic heterocycles. The van der Waals surface area contributed by atoms with Gasteiger partial charge in [-0.15, -0.1) is 4.40 Å². The number of aryl methyl sites for hydroxylation is 1. The highest BCUT2D eigenvalue weighted by Crippen LogP contribution is 2.34. The molecule has 12 heteroatoms. The minimum Gasteiger partial charge on any atom is -0.494 e. The number of amidine groups is 1. The second-order valence-electron chi connectivity index (χ2n) is 9.49. The van der Waals surface area contributed by atoms with E-state index in [1.54, 1.807) is 24.4 Å². The first-order chi connectivity index (χ1) is 17.0. The molecule has 36 heavy (non-hydrogen) atoms. The van der Waals surface area contributed by atoms with E-state index < -0.39 is 36.6 Å². The maximum Gasteiger partial charge on any atom is 0.286 e. The lowest BCUT2D eigenvalue weighted by Gasteiger charge is -2.21. The summed E-state index contributed by atoms with van der Waals surface area (Å²) in [5.41, 5.74) is 0.471. The zero-order valence-corrected chi connectivity index (χ0v) is 21.4. The summed E-state index contributed by atoms with van der Waals surface area (Å²) in [7, 11) is -7.90. The van der Waals surface area contributed by atoms with Gasteiger partial charge >= 0.3 is 0 Å². The standard InChI is InChI=1S/C24H26N4O6S2/c1-14(2)6-10-17-19-5-3-4-12-28(19)24(30)21(22(17)29)23-25-18-11-7-15(13-20(18)36(33,34)27-23)26-35(31,32)16-8-9-16/h3-5,7,11-14,16,26,30H,6,8-10H2,1-2H3,(H,25,27). The SMILES string of the molecule is CC(C)CCc1c(=O)c(C2=NS(=O)(=O)c3cc(NS(=O)(=O)C4CC4)ccc3N2)c(O)n2ccccc12. The Hall–Kier alpha value is -3.38. The normalized spacial score (nSPS) is 16.9. The molecule has 10 nitrogen and oxygen atoms in total. The molecule has 2 aliphatic rings. The summed E-state index contributed by atoms with van der Waals surface area (Å²) >= 11 is 0. The van der Waals surface area contributed by atoms with E-state index in [0.717, 1.165) is 6.42 Å². The molecule has 0 amide bonds. The van der Waals surface area contributed by atoms with Crippen molar-refractivity contribution in [2.45, 2.75) is 49.7 Å². The molecule has 0 atom stereocenters. The monoisotopic (exact) mass is 530 g/mol. The van der Waals surface area contributed by atoms with E-state index in [0.29, 0.717) is 36.3 Å². The van der Waals surface area contributed by atoms with Crippen molar-refractivity contribution in [3.63, 3.8) is 0 Å². The quantitative estimate of drug-likeness (QED) is 0.425.